The zero-order valence-electron chi connectivity index (χ0n) is 20.0. The molecule has 1 fully saturated rings. The fourth-order valence-corrected chi connectivity index (χ4v) is 5.68. The van der Waals surface area contributed by atoms with E-state index in [-0.39, 0.29) is 30.4 Å². The number of carbonyl (C=O) groups excluding carboxylic acids is 2. The van der Waals surface area contributed by atoms with Crippen molar-refractivity contribution in [1.29, 1.82) is 0 Å². The zero-order chi connectivity index (χ0) is 24.5. The van der Waals surface area contributed by atoms with Crippen molar-refractivity contribution >= 4 is 28.8 Å². The third kappa shape index (κ3) is 5.29. The van der Waals surface area contributed by atoms with E-state index in [1.54, 1.807) is 11.3 Å². The number of likely N-dealkylation sites (N-methyl/N-ethyl adjacent to an activating group) is 1. The number of fused-ring (bicyclic) bond motifs is 1. The number of β-amino-alcohol motifs (C(OH)–C–C–N with tert-alkyl or cyclic N) is 1. The molecule has 3 heterocycles. The Bertz CT molecular complexity index is 1260. The van der Waals surface area contributed by atoms with Crippen LogP contribution in [0.15, 0.2) is 47.8 Å². The quantitative estimate of drug-likeness (QED) is 0.530. The van der Waals surface area contributed by atoms with Gasteiger partial charge in [-0.1, -0.05) is 30.3 Å². The molecule has 2 atom stereocenters. The van der Waals surface area contributed by atoms with E-state index in [4.69, 9.17) is 0 Å². The largest absolute Gasteiger partial charge is 0.392 e. The molecule has 2 N–H and O–H groups in total. The molecule has 0 bridgehead atoms. The van der Waals surface area contributed by atoms with Crippen LogP contribution in [0.25, 0.3) is 10.6 Å². The average molecular weight is 491 g/mol. The molecular weight excluding hydrogens is 460 g/mol. The van der Waals surface area contributed by atoms with Crippen LogP contribution in [0.2, 0.25) is 0 Å². The first-order valence-corrected chi connectivity index (χ1v) is 12.8. The Balaban J connectivity index is 1.39. The number of amides is 2. The maximum Gasteiger partial charge on any atom is 0.228 e. The zero-order valence-corrected chi connectivity index (χ0v) is 20.8. The molecule has 0 aliphatic carbocycles. The molecule has 35 heavy (non-hydrogen) atoms. The number of carbonyl (C=O) groups is 2. The number of hydrogen-bond donors (Lipinski definition) is 2. The SMILES string of the molecule is Cc1csc(-c2cccc(C(CN3CC[C@H](O)C3)N(C)C(=O)Cc3ccc4c(c3)NC(=O)C4)c2)n1. The molecule has 3 aromatic rings. The van der Waals surface area contributed by atoms with E-state index in [0.29, 0.717) is 19.5 Å². The average Bonchev–Trinajstić information content (AvgIpc) is 3.56. The van der Waals surface area contributed by atoms with Crippen LogP contribution >= 0.6 is 11.3 Å². The number of anilines is 1. The molecule has 8 heteroatoms. The number of likely N-dealkylation sites (tertiary alicyclic amines) is 1. The summed E-state index contributed by atoms with van der Waals surface area (Å²) in [5.74, 6) is -0.00159. The van der Waals surface area contributed by atoms with Crippen molar-refractivity contribution in [3.63, 3.8) is 0 Å². The first-order chi connectivity index (χ1) is 16.9. The van der Waals surface area contributed by atoms with Crippen molar-refractivity contribution in [2.24, 2.45) is 0 Å². The van der Waals surface area contributed by atoms with Gasteiger partial charge in [-0.05, 0) is 42.2 Å². The molecule has 1 saturated heterocycles. The van der Waals surface area contributed by atoms with E-state index in [1.165, 1.54) is 0 Å². The summed E-state index contributed by atoms with van der Waals surface area (Å²) in [5, 5.41) is 15.9. The van der Waals surface area contributed by atoms with Crippen LogP contribution in [0.4, 0.5) is 5.69 Å². The monoisotopic (exact) mass is 490 g/mol. The van der Waals surface area contributed by atoms with Crippen molar-refractivity contribution in [3.8, 4) is 10.6 Å². The fourth-order valence-electron chi connectivity index (χ4n) is 4.88. The number of rotatable bonds is 7. The van der Waals surface area contributed by atoms with Crippen LogP contribution in [-0.4, -0.2) is 64.5 Å². The highest BCUT2D eigenvalue weighted by Crippen LogP contribution is 2.30. The Kier molecular flexibility index (Phi) is 6.69. The summed E-state index contributed by atoms with van der Waals surface area (Å²) >= 11 is 1.62. The van der Waals surface area contributed by atoms with Crippen molar-refractivity contribution in [1.82, 2.24) is 14.8 Å². The Hall–Kier alpha value is -3.07. The Morgan fingerprint density at radius 1 is 1.31 bits per heavy atom. The molecule has 0 saturated carbocycles. The minimum atomic E-state index is -0.317. The number of nitrogens with zero attached hydrogens (tertiary/aromatic N) is 3. The summed E-state index contributed by atoms with van der Waals surface area (Å²) in [6.07, 6.45) is 1.08. The molecule has 0 radical (unpaired) electrons. The summed E-state index contributed by atoms with van der Waals surface area (Å²) < 4.78 is 0. The lowest BCUT2D eigenvalue weighted by atomic mass is 10.0. The lowest BCUT2D eigenvalue weighted by Gasteiger charge is -2.32. The van der Waals surface area contributed by atoms with Crippen molar-refractivity contribution in [2.45, 2.75) is 38.3 Å². The van der Waals surface area contributed by atoms with E-state index in [2.05, 4.69) is 33.4 Å². The highest BCUT2D eigenvalue weighted by Gasteiger charge is 2.29. The summed E-state index contributed by atoms with van der Waals surface area (Å²) in [6.45, 7) is 4.08. The number of benzene rings is 2. The number of aromatic nitrogens is 1. The van der Waals surface area contributed by atoms with E-state index >= 15 is 0 Å². The van der Waals surface area contributed by atoms with Gasteiger partial charge in [-0.15, -0.1) is 11.3 Å². The van der Waals surface area contributed by atoms with Gasteiger partial charge >= 0.3 is 0 Å². The van der Waals surface area contributed by atoms with E-state index in [1.807, 2.05) is 48.5 Å². The maximum absolute atomic E-state index is 13.4. The van der Waals surface area contributed by atoms with Crippen molar-refractivity contribution < 1.29 is 14.7 Å². The molecular formula is C27H30N4O3S. The minimum absolute atomic E-state index is 0.00881. The van der Waals surface area contributed by atoms with Gasteiger partial charge in [0.25, 0.3) is 0 Å². The molecule has 7 nitrogen and oxygen atoms in total. The van der Waals surface area contributed by atoms with Gasteiger partial charge < -0.3 is 15.3 Å². The summed E-state index contributed by atoms with van der Waals surface area (Å²) in [4.78, 5) is 33.8. The Morgan fingerprint density at radius 3 is 2.91 bits per heavy atom. The number of thiazole rings is 1. The number of nitrogens with one attached hydrogen (secondary N) is 1. The van der Waals surface area contributed by atoms with E-state index in [9.17, 15) is 14.7 Å². The summed E-state index contributed by atoms with van der Waals surface area (Å²) in [7, 11) is 1.86. The highest BCUT2D eigenvalue weighted by molar-refractivity contribution is 7.13. The summed E-state index contributed by atoms with van der Waals surface area (Å²) in [6, 6.07) is 13.9. The van der Waals surface area contributed by atoms with E-state index in [0.717, 1.165) is 51.6 Å². The van der Waals surface area contributed by atoms with Crippen LogP contribution < -0.4 is 5.32 Å². The van der Waals surface area contributed by atoms with Gasteiger partial charge in [0, 0.05) is 49.0 Å². The van der Waals surface area contributed by atoms with Gasteiger partial charge in [0.1, 0.15) is 5.01 Å². The molecule has 1 aromatic heterocycles. The molecule has 2 aliphatic heterocycles. The molecule has 2 amide bonds. The van der Waals surface area contributed by atoms with Crippen LogP contribution in [0, 0.1) is 6.92 Å². The number of aryl methyl sites for hydroxylation is 1. The number of aliphatic hydroxyl groups is 1. The number of hydrogen-bond acceptors (Lipinski definition) is 6. The molecule has 1 unspecified atom stereocenters. The predicted octanol–water partition coefficient (Wildman–Crippen LogP) is 3.42. The number of aliphatic hydroxyl groups excluding tert-OH is 1. The lowest BCUT2D eigenvalue weighted by molar-refractivity contribution is -0.131. The van der Waals surface area contributed by atoms with Gasteiger partial charge in [0.05, 0.1) is 25.0 Å². The molecule has 2 aliphatic rings. The predicted molar refractivity (Wildman–Crippen MR) is 137 cm³/mol. The van der Waals surface area contributed by atoms with Gasteiger partial charge in [0.2, 0.25) is 11.8 Å². The first kappa shape index (κ1) is 23.7. The second-order valence-corrected chi connectivity index (χ2v) is 10.4. The van der Waals surface area contributed by atoms with Gasteiger partial charge in [-0.2, -0.15) is 0 Å². The van der Waals surface area contributed by atoms with Crippen LogP contribution in [0.5, 0.6) is 0 Å². The highest BCUT2D eigenvalue weighted by atomic mass is 32.1. The van der Waals surface area contributed by atoms with Crippen molar-refractivity contribution in [3.05, 3.63) is 70.2 Å². The van der Waals surface area contributed by atoms with Gasteiger partial charge in [-0.3, -0.25) is 14.5 Å². The Morgan fingerprint density at radius 2 is 2.17 bits per heavy atom. The standard InChI is InChI=1S/C27H30N4O3S/c1-17-16-35-27(28-17)21-5-3-4-20(12-21)24(15-31-9-8-22(32)14-31)30(2)26(34)11-18-6-7-19-13-25(33)29-23(19)10-18/h3-7,10,12,16,22,24,32H,8-9,11,13-15H2,1-2H3,(H,29,33)/t22-,24?/m0/s1. The van der Waals surface area contributed by atoms with E-state index < -0.39 is 0 Å². The van der Waals surface area contributed by atoms with Crippen LogP contribution in [0.3, 0.4) is 0 Å². The second-order valence-electron chi connectivity index (χ2n) is 9.54. The van der Waals surface area contributed by atoms with Gasteiger partial charge in [0.15, 0.2) is 0 Å². The lowest BCUT2D eigenvalue weighted by Crippen LogP contribution is -2.39. The molecule has 0 spiro atoms. The topological polar surface area (TPSA) is 85.8 Å². The second kappa shape index (κ2) is 9.89. The third-order valence-electron chi connectivity index (χ3n) is 6.83. The minimum Gasteiger partial charge on any atom is -0.392 e. The smallest absolute Gasteiger partial charge is 0.228 e. The third-order valence-corrected chi connectivity index (χ3v) is 7.84. The first-order valence-electron chi connectivity index (χ1n) is 12.0. The van der Waals surface area contributed by atoms with Crippen LogP contribution in [-0.2, 0) is 22.4 Å². The Labute approximate surface area is 209 Å². The van der Waals surface area contributed by atoms with Gasteiger partial charge in [-0.25, -0.2) is 4.98 Å². The normalized spacial score (nSPS) is 18.4. The molecule has 2 aromatic carbocycles. The molecule has 182 valence electrons. The van der Waals surface area contributed by atoms with Crippen LogP contribution in [0.1, 0.15) is 34.8 Å². The maximum atomic E-state index is 13.4. The summed E-state index contributed by atoms with van der Waals surface area (Å²) in [5.41, 5.74) is 5.74. The fraction of sp³-hybridized carbons (Fsp3) is 0.370. The van der Waals surface area contributed by atoms with Crippen molar-refractivity contribution in [2.75, 3.05) is 32.0 Å². The molecule has 5 rings (SSSR count).